The molecule has 1 nitrogen and oxygen atoms in total. The summed E-state index contributed by atoms with van der Waals surface area (Å²) in [6, 6.07) is 6.06. The van der Waals surface area contributed by atoms with Gasteiger partial charge in [0.05, 0.1) is 11.1 Å². The van der Waals surface area contributed by atoms with Crippen LogP contribution in [0.2, 0.25) is 0 Å². The molecule has 0 amide bonds. The molecule has 25 heavy (non-hydrogen) atoms. The van der Waals surface area contributed by atoms with Crippen molar-refractivity contribution in [3.05, 3.63) is 27.1 Å². The van der Waals surface area contributed by atoms with Crippen molar-refractivity contribution in [3.63, 3.8) is 0 Å². The average Bonchev–Trinajstić information content (AvgIpc) is 2.60. The lowest BCUT2D eigenvalue weighted by Crippen LogP contribution is -1.97. The van der Waals surface area contributed by atoms with Crippen LogP contribution in [0.5, 0.6) is 5.75 Å². The standard InChI is InChI=1S/C22H36Br2O/c1-2-3-4-5-6-7-8-9-10-11-12-13-14-15-18-25-22-17-16-20(23)19-21(22)24/h16-17,19H,2-15,18H2,1H3. The Labute approximate surface area is 172 Å². The van der Waals surface area contributed by atoms with Crippen molar-refractivity contribution in [2.75, 3.05) is 6.61 Å². The predicted octanol–water partition coefficient (Wildman–Crippen LogP) is 9.07. The van der Waals surface area contributed by atoms with E-state index in [1.54, 1.807) is 0 Å². The quantitative estimate of drug-likeness (QED) is 0.216. The van der Waals surface area contributed by atoms with Crippen molar-refractivity contribution in [1.29, 1.82) is 0 Å². The van der Waals surface area contributed by atoms with Crippen LogP contribution in [0.1, 0.15) is 96.8 Å². The highest BCUT2D eigenvalue weighted by molar-refractivity contribution is 9.11. The zero-order valence-electron chi connectivity index (χ0n) is 16.0. The summed E-state index contributed by atoms with van der Waals surface area (Å²) < 4.78 is 7.92. The summed E-state index contributed by atoms with van der Waals surface area (Å²) >= 11 is 7.00. The van der Waals surface area contributed by atoms with Crippen LogP contribution in [0, 0.1) is 0 Å². The lowest BCUT2D eigenvalue weighted by Gasteiger charge is -2.08. The van der Waals surface area contributed by atoms with E-state index in [0.717, 1.165) is 27.7 Å². The van der Waals surface area contributed by atoms with E-state index in [0.29, 0.717) is 0 Å². The van der Waals surface area contributed by atoms with Gasteiger partial charge < -0.3 is 4.74 Å². The maximum Gasteiger partial charge on any atom is 0.133 e. The van der Waals surface area contributed by atoms with E-state index >= 15 is 0 Å². The molecule has 0 aliphatic rings. The lowest BCUT2D eigenvalue weighted by molar-refractivity contribution is 0.302. The SMILES string of the molecule is CCCCCCCCCCCCCCCCOc1ccc(Br)cc1Br. The first-order chi connectivity index (χ1) is 12.2. The van der Waals surface area contributed by atoms with E-state index in [9.17, 15) is 0 Å². The highest BCUT2D eigenvalue weighted by Gasteiger charge is 2.01. The first-order valence-corrected chi connectivity index (χ1v) is 11.9. The van der Waals surface area contributed by atoms with E-state index < -0.39 is 0 Å². The van der Waals surface area contributed by atoms with Crippen molar-refractivity contribution >= 4 is 31.9 Å². The molecule has 0 aliphatic carbocycles. The molecular formula is C22H36Br2O. The van der Waals surface area contributed by atoms with Crippen molar-refractivity contribution < 1.29 is 4.74 Å². The zero-order valence-corrected chi connectivity index (χ0v) is 19.2. The van der Waals surface area contributed by atoms with Gasteiger partial charge in [0.25, 0.3) is 0 Å². The maximum atomic E-state index is 5.83. The summed E-state index contributed by atoms with van der Waals surface area (Å²) in [7, 11) is 0. The van der Waals surface area contributed by atoms with E-state index in [-0.39, 0.29) is 0 Å². The second-order valence-corrected chi connectivity index (χ2v) is 8.79. The summed E-state index contributed by atoms with van der Waals surface area (Å²) in [5.74, 6) is 0.942. The second kappa shape index (κ2) is 16.2. The predicted molar refractivity (Wildman–Crippen MR) is 118 cm³/mol. The fourth-order valence-corrected chi connectivity index (χ4v) is 4.23. The van der Waals surface area contributed by atoms with E-state index in [2.05, 4.69) is 38.8 Å². The van der Waals surface area contributed by atoms with E-state index in [4.69, 9.17) is 4.74 Å². The molecule has 0 fully saturated rings. The Morgan fingerprint density at radius 3 is 1.64 bits per heavy atom. The van der Waals surface area contributed by atoms with Gasteiger partial charge in [-0.05, 0) is 40.5 Å². The number of hydrogen-bond acceptors (Lipinski definition) is 1. The summed E-state index contributed by atoms with van der Waals surface area (Å²) in [5.41, 5.74) is 0. The Bertz CT molecular complexity index is 434. The molecule has 0 atom stereocenters. The number of hydrogen-bond donors (Lipinski definition) is 0. The Morgan fingerprint density at radius 2 is 1.16 bits per heavy atom. The van der Waals surface area contributed by atoms with Crippen LogP contribution in [-0.2, 0) is 0 Å². The average molecular weight is 476 g/mol. The molecule has 1 aromatic carbocycles. The smallest absolute Gasteiger partial charge is 0.133 e. The van der Waals surface area contributed by atoms with Gasteiger partial charge in [0, 0.05) is 4.47 Å². The summed E-state index contributed by atoms with van der Waals surface area (Å²) in [5, 5.41) is 0. The zero-order chi connectivity index (χ0) is 18.2. The minimum Gasteiger partial charge on any atom is -0.492 e. The van der Waals surface area contributed by atoms with Crippen LogP contribution in [0.25, 0.3) is 0 Å². The molecule has 0 unspecified atom stereocenters. The molecule has 0 radical (unpaired) electrons. The first kappa shape index (κ1) is 23.0. The van der Waals surface area contributed by atoms with Crippen molar-refractivity contribution in [2.24, 2.45) is 0 Å². The normalized spacial score (nSPS) is 11.0. The van der Waals surface area contributed by atoms with Crippen molar-refractivity contribution in [1.82, 2.24) is 0 Å². The molecule has 0 saturated carbocycles. The van der Waals surface area contributed by atoms with Crippen LogP contribution in [0.15, 0.2) is 27.1 Å². The van der Waals surface area contributed by atoms with Gasteiger partial charge >= 0.3 is 0 Å². The molecule has 0 saturated heterocycles. The Balaban J connectivity index is 1.81. The molecule has 1 rings (SSSR count). The summed E-state index contributed by atoms with van der Waals surface area (Å²) in [4.78, 5) is 0. The Hall–Kier alpha value is -0.0200. The molecule has 0 N–H and O–H groups in total. The van der Waals surface area contributed by atoms with E-state index in [1.165, 1.54) is 83.5 Å². The van der Waals surface area contributed by atoms with Crippen LogP contribution in [0.4, 0.5) is 0 Å². The molecule has 0 bridgehead atoms. The molecular weight excluding hydrogens is 440 g/mol. The highest BCUT2D eigenvalue weighted by Crippen LogP contribution is 2.28. The van der Waals surface area contributed by atoms with Crippen LogP contribution in [-0.4, -0.2) is 6.61 Å². The van der Waals surface area contributed by atoms with Crippen LogP contribution >= 0.6 is 31.9 Å². The topological polar surface area (TPSA) is 9.23 Å². The third kappa shape index (κ3) is 12.9. The van der Waals surface area contributed by atoms with Gasteiger partial charge in [-0.3, -0.25) is 0 Å². The molecule has 3 heteroatoms. The number of halogens is 2. The molecule has 0 aromatic heterocycles. The minimum absolute atomic E-state index is 0.818. The van der Waals surface area contributed by atoms with Crippen molar-refractivity contribution in [2.45, 2.75) is 96.8 Å². The van der Waals surface area contributed by atoms with Gasteiger partial charge in [0.15, 0.2) is 0 Å². The highest BCUT2D eigenvalue weighted by atomic mass is 79.9. The maximum absolute atomic E-state index is 5.83. The minimum atomic E-state index is 0.818. The monoisotopic (exact) mass is 474 g/mol. The van der Waals surface area contributed by atoms with Gasteiger partial charge in [-0.25, -0.2) is 0 Å². The lowest BCUT2D eigenvalue weighted by atomic mass is 10.0. The summed E-state index contributed by atoms with van der Waals surface area (Å²) in [6.45, 7) is 3.10. The molecule has 0 heterocycles. The molecule has 0 aliphatic heterocycles. The summed E-state index contributed by atoms with van der Waals surface area (Å²) in [6.07, 6.45) is 19.5. The number of rotatable bonds is 16. The van der Waals surface area contributed by atoms with Gasteiger partial charge in [0.2, 0.25) is 0 Å². The largest absolute Gasteiger partial charge is 0.492 e. The van der Waals surface area contributed by atoms with E-state index in [1.807, 2.05) is 18.2 Å². The van der Waals surface area contributed by atoms with Gasteiger partial charge in [-0.1, -0.05) is 106 Å². The van der Waals surface area contributed by atoms with Crippen LogP contribution < -0.4 is 4.74 Å². The Kier molecular flexibility index (Phi) is 14.9. The molecule has 1 aromatic rings. The van der Waals surface area contributed by atoms with Gasteiger partial charge in [-0.2, -0.15) is 0 Å². The fraction of sp³-hybridized carbons (Fsp3) is 0.727. The third-order valence-electron chi connectivity index (χ3n) is 4.65. The second-order valence-electron chi connectivity index (χ2n) is 7.02. The van der Waals surface area contributed by atoms with Crippen molar-refractivity contribution in [3.8, 4) is 5.75 Å². The Morgan fingerprint density at radius 1 is 0.680 bits per heavy atom. The van der Waals surface area contributed by atoms with Gasteiger partial charge in [0.1, 0.15) is 5.75 Å². The molecule has 144 valence electrons. The number of ether oxygens (including phenoxy) is 1. The first-order valence-electron chi connectivity index (χ1n) is 10.3. The fourth-order valence-electron chi connectivity index (χ4n) is 3.07. The molecule has 0 spiro atoms. The third-order valence-corrected chi connectivity index (χ3v) is 5.76. The van der Waals surface area contributed by atoms with Crippen LogP contribution in [0.3, 0.4) is 0 Å². The number of benzene rings is 1. The number of unbranched alkanes of at least 4 members (excludes halogenated alkanes) is 13. The van der Waals surface area contributed by atoms with Gasteiger partial charge in [-0.15, -0.1) is 0 Å².